The van der Waals surface area contributed by atoms with E-state index in [-0.39, 0.29) is 18.2 Å². The standard InChI is InChI=1S/C21H19N3O4/c1-12-8-16-17(9-13(12)2)23(11-22-16)18-10-19(25)24(20(18)26)15-6-4-14(5-7-15)21(27)28-3/h4-9,11,18H,10H2,1-3H3/t18-/m1/s1. The van der Waals surface area contributed by atoms with Crippen molar-refractivity contribution in [3.8, 4) is 0 Å². The minimum Gasteiger partial charge on any atom is -0.465 e. The van der Waals surface area contributed by atoms with Crippen LogP contribution in [0.4, 0.5) is 5.69 Å². The van der Waals surface area contributed by atoms with Crippen molar-refractivity contribution in [2.75, 3.05) is 12.0 Å². The van der Waals surface area contributed by atoms with Crippen molar-refractivity contribution in [3.63, 3.8) is 0 Å². The molecule has 2 aromatic carbocycles. The molecule has 0 aliphatic carbocycles. The molecule has 0 N–H and O–H groups in total. The van der Waals surface area contributed by atoms with Crippen molar-refractivity contribution < 1.29 is 19.1 Å². The fraction of sp³-hybridized carbons (Fsp3) is 0.238. The van der Waals surface area contributed by atoms with Crippen LogP contribution in [0.5, 0.6) is 0 Å². The number of anilines is 1. The van der Waals surface area contributed by atoms with E-state index in [4.69, 9.17) is 0 Å². The number of carbonyl (C=O) groups is 3. The van der Waals surface area contributed by atoms with Crippen LogP contribution in [-0.2, 0) is 14.3 Å². The number of ether oxygens (including phenoxy) is 1. The van der Waals surface area contributed by atoms with Gasteiger partial charge in [-0.3, -0.25) is 9.59 Å². The Kier molecular flexibility index (Phi) is 4.22. The number of aromatic nitrogens is 2. The molecule has 7 nitrogen and oxygen atoms in total. The van der Waals surface area contributed by atoms with E-state index in [0.717, 1.165) is 22.2 Å². The van der Waals surface area contributed by atoms with Gasteiger partial charge in [0, 0.05) is 0 Å². The first-order valence-electron chi connectivity index (χ1n) is 8.89. The molecule has 1 fully saturated rings. The van der Waals surface area contributed by atoms with Crippen molar-refractivity contribution in [1.82, 2.24) is 9.55 Å². The molecule has 1 atom stereocenters. The smallest absolute Gasteiger partial charge is 0.337 e. The van der Waals surface area contributed by atoms with Crippen LogP contribution in [0.1, 0.15) is 33.9 Å². The number of methoxy groups -OCH3 is 1. The van der Waals surface area contributed by atoms with Crippen LogP contribution in [0.3, 0.4) is 0 Å². The minimum atomic E-state index is -0.639. The van der Waals surface area contributed by atoms with E-state index in [1.807, 2.05) is 26.0 Å². The number of fused-ring (bicyclic) bond motifs is 1. The third kappa shape index (κ3) is 2.76. The second-order valence-corrected chi connectivity index (χ2v) is 6.90. The van der Waals surface area contributed by atoms with E-state index in [9.17, 15) is 14.4 Å². The SMILES string of the molecule is COC(=O)c1ccc(N2C(=O)C[C@@H](n3cnc4cc(C)c(C)cc43)C2=O)cc1. The van der Waals surface area contributed by atoms with Gasteiger partial charge < -0.3 is 9.30 Å². The van der Waals surface area contributed by atoms with Gasteiger partial charge in [0.15, 0.2) is 0 Å². The normalized spacial score (nSPS) is 16.8. The van der Waals surface area contributed by atoms with Crippen LogP contribution in [0.15, 0.2) is 42.7 Å². The molecule has 0 radical (unpaired) electrons. The van der Waals surface area contributed by atoms with Gasteiger partial charge in [0.1, 0.15) is 6.04 Å². The molecule has 2 amide bonds. The number of esters is 1. The van der Waals surface area contributed by atoms with Gasteiger partial charge in [-0.15, -0.1) is 0 Å². The summed E-state index contributed by atoms with van der Waals surface area (Å²) in [6, 6.07) is 9.55. The van der Waals surface area contributed by atoms with Crippen LogP contribution >= 0.6 is 0 Å². The summed E-state index contributed by atoms with van der Waals surface area (Å²) >= 11 is 0. The van der Waals surface area contributed by atoms with Gasteiger partial charge in [0.2, 0.25) is 5.91 Å². The summed E-state index contributed by atoms with van der Waals surface area (Å²) < 4.78 is 6.44. The first-order chi connectivity index (χ1) is 13.4. The number of rotatable bonds is 3. The number of hydrogen-bond acceptors (Lipinski definition) is 5. The van der Waals surface area contributed by atoms with Crippen LogP contribution in [-0.4, -0.2) is 34.4 Å². The largest absolute Gasteiger partial charge is 0.465 e. The fourth-order valence-electron chi connectivity index (χ4n) is 3.50. The fourth-order valence-corrected chi connectivity index (χ4v) is 3.50. The lowest BCUT2D eigenvalue weighted by molar-refractivity contribution is -0.122. The molecule has 1 saturated heterocycles. The topological polar surface area (TPSA) is 81.5 Å². The molecular formula is C21H19N3O4. The molecule has 3 aromatic rings. The van der Waals surface area contributed by atoms with Gasteiger partial charge in [-0.25, -0.2) is 14.7 Å². The monoisotopic (exact) mass is 377 g/mol. The Morgan fingerprint density at radius 2 is 1.79 bits per heavy atom. The van der Waals surface area contributed by atoms with Crippen molar-refractivity contribution in [2.24, 2.45) is 0 Å². The summed E-state index contributed by atoms with van der Waals surface area (Å²) in [6.45, 7) is 4.01. The lowest BCUT2D eigenvalue weighted by Crippen LogP contribution is -2.31. The molecule has 0 spiro atoms. The molecule has 7 heteroatoms. The van der Waals surface area contributed by atoms with Crippen LogP contribution < -0.4 is 4.90 Å². The maximum atomic E-state index is 13.1. The summed E-state index contributed by atoms with van der Waals surface area (Å²) in [4.78, 5) is 42.8. The Balaban J connectivity index is 1.68. The highest BCUT2D eigenvalue weighted by molar-refractivity contribution is 6.22. The molecule has 1 aromatic heterocycles. The second-order valence-electron chi connectivity index (χ2n) is 6.90. The molecule has 0 bridgehead atoms. The number of imidazole rings is 1. The molecule has 1 aliphatic heterocycles. The third-order valence-corrected chi connectivity index (χ3v) is 5.20. The molecule has 4 rings (SSSR count). The average Bonchev–Trinajstić information content (AvgIpc) is 3.21. The Morgan fingerprint density at radius 3 is 2.46 bits per heavy atom. The number of nitrogens with zero attached hydrogens (tertiary/aromatic N) is 3. The van der Waals surface area contributed by atoms with Crippen molar-refractivity contribution >= 4 is 34.5 Å². The zero-order valence-corrected chi connectivity index (χ0v) is 15.8. The predicted octanol–water partition coefficient (Wildman–Crippen LogP) is 2.94. The average molecular weight is 377 g/mol. The highest BCUT2D eigenvalue weighted by Gasteiger charge is 2.41. The van der Waals surface area contributed by atoms with Crippen molar-refractivity contribution in [1.29, 1.82) is 0 Å². The van der Waals surface area contributed by atoms with Crippen molar-refractivity contribution in [2.45, 2.75) is 26.3 Å². The van der Waals surface area contributed by atoms with Gasteiger partial charge >= 0.3 is 5.97 Å². The Morgan fingerprint density at radius 1 is 1.11 bits per heavy atom. The Labute approximate surface area is 161 Å². The Hall–Kier alpha value is -3.48. The van der Waals surface area contributed by atoms with E-state index >= 15 is 0 Å². The summed E-state index contributed by atoms with van der Waals surface area (Å²) in [5, 5.41) is 0. The quantitative estimate of drug-likeness (QED) is 0.518. The second kappa shape index (κ2) is 6.60. The lowest BCUT2D eigenvalue weighted by Gasteiger charge is -2.16. The molecule has 0 saturated carbocycles. The minimum absolute atomic E-state index is 0.0654. The molecule has 2 heterocycles. The predicted molar refractivity (Wildman–Crippen MR) is 103 cm³/mol. The van der Waals surface area contributed by atoms with Gasteiger partial charge in [-0.05, 0) is 61.4 Å². The van der Waals surface area contributed by atoms with Crippen LogP contribution in [0.25, 0.3) is 11.0 Å². The van der Waals surface area contributed by atoms with Gasteiger partial charge in [0.05, 0.1) is 42.1 Å². The summed E-state index contributed by atoms with van der Waals surface area (Å²) in [5.41, 5.74) is 4.64. The Bertz CT molecular complexity index is 1110. The zero-order chi connectivity index (χ0) is 20.0. The molecular weight excluding hydrogens is 358 g/mol. The number of hydrogen-bond donors (Lipinski definition) is 0. The van der Waals surface area contributed by atoms with Gasteiger partial charge in [0.25, 0.3) is 5.91 Å². The van der Waals surface area contributed by atoms with E-state index in [1.165, 1.54) is 24.1 Å². The van der Waals surface area contributed by atoms with Crippen molar-refractivity contribution in [3.05, 3.63) is 59.4 Å². The number of benzene rings is 2. The highest BCUT2D eigenvalue weighted by atomic mass is 16.5. The van der Waals surface area contributed by atoms with Crippen LogP contribution in [0, 0.1) is 13.8 Å². The van der Waals surface area contributed by atoms with Crippen LogP contribution in [0.2, 0.25) is 0 Å². The van der Waals surface area contributed by atoms with E-state index in [2.05, 4.69) is 9.72 Å². The molecule has 0 unspecified atom stereocenters. The lowest BCUT2D eigenvalue weighted by atomic mass is 10.1. The van der Waals surface area contributed by atoms with E-state index in [1.54, 1.807) is 23.0 Å². The summed E-state index contributed by atoms with van der Waals surface area (Å²) in [7, 11) is 1.30. The van der Waals surface area contributed by atoms with E-state index in [0.29, 0.717) is 11.3 Å². The maximum absolute atomic E-state index is 13.1. The van der Waals surface area contributed by atoms with Gasteiger partial charge in [-0.1, -0.05) is 0 Å². The van der Waals surface area contributed by atoms with E-state index < -0.39 is 12.0 Å². The first kappa shape index (κ1) is 17.9. The molecule has 28 heavy (non-hydrogen) atoms. The maximum Gasteiger partial charge on any atom is 0.337 e. The summed E-state index contributed by atoms with van der Waals surface area (Å²) in [5.74, 6) is -1.07. The number of aryl methyl sites for hydroxylation is 2. The highest BCUT2D eigenvalue weighted by Crippen LogP contribution is 2.32. The third-order valence-electron chi connectivity index (χ3n) is 5.20. The number of imide groups is 1. The molecule has 142 valence electrons. The summed E-state index contributed by atoms with van der Waals surface area (Å²) in [6.07, 6.45) is 1.68. The van der Waals surface area contributed by atoms with Gasteiger partial charge in [-0.2, -0.15) is 0 Å². The number of amides is 2. The molecule has 1 aliphatic rings. The first-order valence-corrected chi connectivity index (χ1v) is 8.89. The number of carbonyl (C=O) groups excluding carboxylic acids is 3. The zero-order valence-electron chi connectivity index (χ0n) is 15.8.